The van der Waals surface area contributed by atoms with Crippen molar-refractivity contribution in [3.63, 3.8) is 0 Å². The van der Waals surface area contributed by atoms with E-state index in [1.165, 1.54) is 11.0 Å². The number of aromatic hydroxyl groups is 1. The van der Waals surface area contributed by atoms with Crippen molar-refractivity contribution in [1.29, 1.82) is 0 Å². The van der Waals surface area contributed by atoms with Crippen LogP contribution >= 0.6 is 0 Å². The second-order valence-electron chi connectivity index (χ2n) is 8.38. The number of phenols is 1. The third-order valence-corrected chi connectivity index (χ3v) is 6.22. The van der Waals surface area contributed by atoms with Crippen LogP contribution in [0, 0.1) is 0 Å². The molecular weight excluding hydrogens is 418 g/mol. The summed E-state index contributed by atoms with van der Waals surface area (Å²) in [6, 6.07) is 11.6. The van der Waals surface area contributed by atoms with Crippen molar-refractivity contribution < 1.29 is 19.5 Å². The van der Waals surface area contributed by atoms with Gasteiger partial charge >= 0.3 is 6.03 Å². The van der Waals surface area contributed by atoms with Gasteiger partial charge in [0.05, 0.1) is 6.54 Å². The molecule has 2 aromatic rings. The van der Waals surface area contributed by atoms with Crippen molar-refractivity contribution in [2.24, 2.45) is 0 Å². The molecule has 4 rings (SSSR count). The first-order chi connectivity index (χ1) is 15.9. The van der Waals surface area contributed by atoms with Crippen molar-refractivity contribution >= 4 is 17.8 Å². The fraction of sp³-hybridized carbons (Fsp3) is 0.269. The van der Waals surface area contributed by atoms with Gasteiger partial charge in [-0.05, 0) is 55.2 Å². The highest BCUT2D eigenvalue weighted by Gasteiger charge is 2.50. The topological polar surface area (TPSA) is 98.7 Å². The Bertz CT molecular complexity index is 1150. The number of imide groups is 1. The monoisotopic (exact) mass is 445 g/mol. The Balaban J connectivity index is 1.65. The molecule has 4 amide bonds. The van der Waals surface area contributed by atoms with E-state index in [2.05, 4.69) is 22.8 Å². The Morgan fingerprint density at radius 1 is 1.09 bits per heavy atom. The zero-order chi connectivity index (χ0) is 23.6. The number of carbonyl (C=O) groups is 3. The van der Waals surface area contributed by atoms with Crippen molar-refractivity contribution in [1.82, 2.24) is 15.5 Å². The first-order valence-corrected chi connectivity index (χ1v) is 11.0. The van der Waals surface area contributed by atoms with Gasteiger partial charge in [-0.1, -0.05) is 48.6 Å². The van der Waals surface area contributed by atoms with E-state index < -0.39 is 17.5 Å². The van der Waals surface area contributed by atoms with Crippen LogP contribution in [-0.2, 0) is 16.9 Å². The molecule has 33 heavy (non-hydrogen) atoms. The number of urea groups is 1. The van der Waals surface area contributed by atoms with E-state index in [9.17, 15) is 19.5 Å². The first kappa shape index (κ1) is 22.3. The molecule has 0 spiro atoms. The molecule has 0 bridgehead atoms. The minimum atomic E-state index is -1.39. The van der Waals surface area contributed by atoms with Crippen molar-refractivity contribution in [3.05, 3.63) is 89.0 Å². The summed E-state index contributed by atoms with van der Waals surface area (Å²) in [5, 5.41) is 14.8. The Labute approximate surface area is 192 Å². The molecule has 2 aliphatic heterocycles. The van der Waals surface area contributed by atoms with Crippen LogP contribution in [0.5, 0.6) is 5.75 Å². The summed E-state index contributed by atoms with van der Waals surface area (Å²) < 4.78 is 0. The lowest BCUT2D eigenvalue weighted by atomic mass is 9.86. The Hall–Kier alpha value is -3.87. The van der Waals surface area contributed by atoms with E-state index in [0.29, 0.717) is 16.7 Å². The standard InChI is InChI=1S/C26H27N3O4/c1-3-5-7-17(6-4-2)18-8-10-20(11-9-18)26(24(32)27-25(33)28-26)16-29-15-19-14-21(30)12-13-22(19)23(29)31/h3-6,8-14,17,30H,7,15-16H2,1-2H3,(H2,27,28,32,33)/b5-3+,6-4-/t17?,26-/m0/s1. The third kappa shape index (κ3) is 4.14. The number of rotatable bonds is 7. The molecule has 170 valence electrons. The summed E-state index contributed by atoms with van der Waals surface area (Å²) in [6.07, 6.45) is 9.13. The molecule has 2 heterocycles. The van der Waals surface area contributed by atoms with Gasteiger partial charge in [0.2, 0.25) is 0 Å². The summed E-state index contributed by atoms with van der Waals surface area (Å²) in [7, 11) is 0. The SMILES string of the molecule is C/C=C\C(C/C=C/C)c1ccc([C@]2(CN3Cc4cc(O)ccc4C3=O)NC(=O)NC2=O)cc1. The van der Waals surface area contributed by atoms with Gasteiger partial charge in [-0.3, -0.25) is 14.9 Å². The summed E-state index contributed by atoms with van der Waals surface area (Å²) >= 11 is 0. The van der Waals surface area contributed by atoms with Crippen LogP contribution in [-0.4, -0.2) is 34.4 Å². The second-order valence-corrected chi connectivity index (χ2v) is 8.38. The van der Waals surface area contributed by atoms with Gasteiger partial charge in [0, 0.05) is 18.0 Å². The molecule has 0 aromatic heterocycles. The van der Waals surface area contributed by atoms with Crippen LogP contribution in [0.25, 0.3) is 0 Å². The predicted octanol–water partition coefficient (Wildman–Crippen LogP) is 3.71. The fourth-order valence-electron chi connectivity index (χ4n) is 4.53. The number of allylic oxidation sites excluding steroid dienone is 4. The molecular formula is C26H27N3O4. The summed E-state index contributed by atoms with van der Waals surface area (Å²) in [4.78, 5) is 39.6. The van der Waals surface area contributed by atoms with Gasteiger partial charge in [-0.2, -0.15) is 0 Å². The third-order valence-electron chi connectivity index (χ3n) is 6.22. The highest BCUT2D eigenvalue weighted by molar-refractivity contribution is 6.08. The van der Waals surface area contributed by atoms with Gasteiger partial charge in [-0.25, -0.2) is 4.79 Å². The zero-order valence-corrected chi connectivity index (χ0v) is 18.7. The number of hydrogen-bond donors (Lipinski definition) is 3. The average Bonchev–Trinajstić information content (AvgIpc) is 3.26. The molecule has 0 aliphatic carbocycles. The number of amides is 4. The maximum atomic E-state index is 13.0. The molecule has 1 unspecified atom stereocenters. The van der Waals surface area contributed by atoms with E-state index in [-0.39, 0.29) is 30.7 Å². The summed E-state index contributed by atoms with van der Waals surface area (Å²) in [5.41, 5.74) is 1.48. The number of fused-ring (bicyclic) bond motifs is 1. The van der Waals surface area contributed by atoms with Crippen LogP contribution in [0.3, 0.4) is 0 Å². The van der Waals surface area contributed by atoms with E-state index in [1.54, 1.807) is 12.1 Å². The van der Waals surface area contributed by atoms with Crippen molar-refractivity contribution in [2.45, 2.75) is 38.3 Å². The Morgan fingerprint density at radius 3 is 2.48 bits per heavy atom. The van der Waals surface area contributed by atoms with E-state index in [1.807, 2.05) is 50.3 Å². The minimum Gasteiger partial charge on any atom is -0.508 e. The smallest absolute Gasteiger partial charge is 0.322 e. The lowest BCUT2D eigenvalue weighted by Gasteiger charge is -2.31. The Kier molecular flexibility index (Phi) is 6.05. The number of hydrogen-bond acceptors (Lipinski definition) is 4. The number of phenolic OH excluding ortho intramolecular Hbond substituents is 1. The highest BCUT2D eigenvalue weighted by Crippen LogP contribution is 2.33. The number of carbonyl (C=O) groups excluding carboxylic acids is 3. The number of nitrogens with one attached hydrogen (secondary N) is 2. The molecule has 3 N–H and O–H groups in total. The summed E-state index contributed by atoms with van der Waals surface area (Å²) in [6.45, 7) is 4.20. The van der Waals surface area contributed by atoms with Gasteiger partial charge in [-0.15, -0.1) is 0 Å². The largest absolute Gasteiger partial charge is 0.508 e. The lowest BCUT2D eigenvalue weighted by molar-refractivity contribution is -0.124. The van der Waals surface area contributed by atoms with Crippen LogP contribution in [0.15, 0.2) is 66.8 Å². The number of nitrogens with zero attached hydrogens (tertiary/aromatic N) is 1. The van der Waals surface area contributed by atoms with E-state index >= 15 is 0 Å². The Morgan fingerprint density at radius 2 is 1.85 bits per heavy atom. The maximum Gasteiger partial charge on any atom is 0.322 e. The quantitative estimate of drug-likeness (QED) is 0.447. The van der Waals surface area contributed by atoms with Crippen LogP contribution in [0.1, 0.15) is 53.2 Å². The fourth-order valence-corrected chi connectivity index (χ4v) is 4.53. The van der Waals surface area contributed by atoms with Gasteiger partial charge in [0.15, 0.2) is 5.54 Å². The summed E-state index contributed by atoms with van der Waals surface area (Å²) in [5.74, 6) is -0.458. The molecule has 2 aromatic carbocycles. The van der Waals surface area contributed by atoms with Crippen LogP contribution in [0.2, 0.25) is 0 Å². The molecule has 7 nitrogen and oxygen atoms in total. The van der Waals surface area contributed by atoms with Crippen molar-refractivity contribution in [3.8, 4) is 5.75 Å². The molecule has 2 atom stereocenters. The second kappa shape index (κ2) is 8.94. The normalized spacial score (nSPS) is 21.0. The minimum absolute atomic E-state index is 0.0188. The van der Waals surface area contributed by atoms with Crippen LogP contribution < -0.4 is 10.6 Å². The lowest BCUT2D eigenvalue weighted by Crippen LogP contribution is -2.52. The van der Waals surface area contributed by atoms with Gasteiger partial charge in [0.25, 0.3) is 11.8 Å². The van der Waals surface area contributed by atoms with E-state index in [0.717, 1.165) is 12.0 Å². The average molecular weight is 446 g/mol. The maximum absolute atomic E-state index is 13.0. The molecule has 2 aliphatic rings. The van der Waals surface area contributed by atoms with Gasteiger partial charge < -0.3 is 15.3 Å². The molecule has 0 saturated carbocycles. The molecule has 1 fully saturated rings. The first-order valence-electron chi connectivity index (χ1n) is 11.0. The predicted molar refractivity (Wildman–Crippen MR) is 125 cm³/mol. The van der Waals surface area contributed by atoms with Crippen LogP contribution in [0.4, 0.5) is 4.79 Å². The molecule has 7 heteroatoms. The zero-order valence-electron chi connectivity index (χ0n) is 18.7. The molecule has 0 radical (unpaired) electrons. The van der Waals surface area contributed by atoms with Gasteiger partial charge in [0.1, 0.15) is 5.75 Å². The highest BCUT2D eigenvalue weighted by atomic mass is 16.3. The number of benzene rings is 2. The van der Waals surface area contributed by atoms with E-state index in [4.69, 9.17) is 0 Å². The van der Waals surface area contributed by atoms with Crippen molar-refractivity contribution in [2.75, 3.05) is 6.54 Å². The molecule has 1 saturated heterocycles.